The maximum absolute atomic E-state index is 13.1. The summed E-state index contributed by atoms with van der Waals surface area (Å²) < 4.78 is 18.2. The Hall–Kier alpha value is -2.84. The van der Waals surface area contributed by atoms with Gasteiger partial charge in [0.25, 0.3) is 5.91 Å². The molecule has 1 saturated heterocycles. The second-order valence-corrected chi connectivity index (χ2v) is 9.17. The second kappa shape index (κ2) is 10.4. The molecule has 0 bridgehead atoms. The molecule has 1 fully saturated rings. The molecule has 2 amide bonds. The van der Waals surface area contributed by atoms with Gasteiger partial charge in [0.15, 0.2) is 11.5 Å². The maximum Gasteiger partial charge on any atom is 0.425 e. The summed E-state index contributed by atoms with van der Waals surface area (Å²) in [4.78, 5) is 26.3. The summed E-state index contributed by atoms with van der Waals surface area (Å²) in [6, 6.07) is 5.61. The molecule has 8 heteroatoms. The maximum atomic E-state index is 13.1. The highest BCUT2D eigenvalue weighted by molar-refractivity contribution is 8.05. The van der Waals surface area contributed by atoms with Crippen LogP contribution in [0.5, 0.6) is 11.5 Å². The van der Waals surface area contributed by atoms with Gasteiger partial charge >= 0.3 is 5.91 Å². The van der Waals surface area contributed by atoms with Crippen LogP contribution in [0.4, 0.5) is 0 Å². The zero-order valence-corrected chi connectivity index (χ0v) is 19.9. The molecular formula is C25H29N2O5S+. The van der Waals surface area contributed by atoms with Crippen LogP contribution >= 0.6 is 11.8 Å². The fourth-order valence-corrected chi connectivity index (χ4v) is 5.21. The van der Waals surface area contributed by atoms with Gasteiger partial charge in [-0.1, -0.05) is 30.0 Å². The number of thioether (sulfide) groups is 1. The molecule has 4 rings (SSSR count). The van der Waals surface area contributed by atoms with E-state index in [2.05, 4.69) is 5.32 Å². The van der Waals surface area contributed by atoms with Crippen LogP contribution in [0.3, 0.4) is 0 Å². The number of rotatable bonds is 7. The van der Waals surface area contributed by atoms with Crippen LogP contribution in [-0.2, 0) is 14.3 Å². The van der Waals surface area contributed by atoms with Gasteiger partial charge < -0.3 is 19.5 Å². The number of ether oxygens (including phenoxy) is 3. The van der Waals surface area contributed by atoms with E-state index >= 15 is 0 Å². The third kappa shape index (κ3) is 5.23. The number of carbonyl (C=O) groups excluding carboxylic acids is 2. The van der Waals surface area contributed by atoms with Crippen LogP contribution in [0.1, 0.15) is 25.3 Å². The molecule has 2 heterocycles. The molecule has 0 saturated carbocycles. The summed E-state index contributed by atoms with van der Waals surface area (Å²) in [5.74, 6) is 1.04. The molecule has 1 aliphatic carbocycles. The number of carbonyl (C=O) groups is 2. The van der Waals surface area contributed by atoms with Gasteiger partial charge in [0.1, 0.15) is 17.2 Å². The average Bonchev–Trinajstić information content (AvgIpc) is 3.35. The van der Waals surface area contributed by atoms with E-state index in [9.17, 15) is 9.59 Å². The second-order valence-electron chi connectivity index (χ2n) is 7.98. The van der Waals surface area contributed by atoms with E-state index in [-0.39, 0.29) is 23.2 Å². The molecule has 0 aromatic heterocycles. The fraction of sp³-hybridized carbons (Fsp3) is 0.400. The molecule has 2 aliphatic heterocycles. The molecule has 1 N–H and O–H groups in total. The number of hydrogen-bond donors (Lipinski definition) is 1. The van der Waals surface area contributed by atoms with Crippen LogP contribution in [0.15, 0.2) is 46.9 Å². The van der Waals surface area contributed by atoms with Crippen LogP contribution in [0.2, 0.25) is 0 Å². The van der Waals surface area contributed by atoms with Crippen LogP contribution < -0.4 is 14.8 Å². The van der Waals surface area contributed by atoms with Crippen LogP contribution in [-0.4, -0.2) is 67.4 Å². The van der Waals surface area contributed by atoms with E-state index in [0.29, 0.717) is 35.1 Å². The van der Waals surface area contributed by atoms with E-state index in [1.54, 1.807) is 24.8 Å². The molecule has 33 heavy (non-hydrogen) atoms. The molecule has 1 aromatic rings. The summed E-state index contributed by atoms with van der Waals surface area (Å²) in [7, 11) is 3.34. The number of methoxy groups -OCH3 is 1. The molecule has 1 aromatic carbocycles. The molecule has 0 radical (unpaired) electrons. The number of nitrogens with one attached hydrogen (secondary N) is 1. The quantitative estimate of drug-likeness (QED) is 0.489. The zero-order chi connectivity index (χ0) is 23.4. The molecule has 7 nitrogen and oxygen atoms in total. The number of allylic oxidation sites excluding steroid dienone is 1. The van der Waals surface area contributed by atoms with Crippen molar-refractivity contribution in [3.63, 3.8) is 0 Å². The number of likely N-dealkylation sites (N-methyl/N-ethyl adjacent to an activating group) is 1. The zero-order valence-electron chi connectivity index (χ0n) is 19.1. The van der Waals surface area contributed by atoms with Crippen molar-refractivity contribution in [2.24, 2.45) is 0 Å². The predicted octanol–water partition coefficient (Wildman–Crippen LogP) is 2.95. The third-order valence-electron chi connectivity index (χ3n) is 5.76. The fourth-order valence-electron chi connectivity index (χ4n) is 3.99. The molecular weight excluding hydrogens is 440 g/mol. The van der Waals surface area contributed by atoms with Crippen LogP contribution in [0.25, 0.3) is 6.08 Å². The standard InChI is InChI=1S/C25H28N2O5S/c1-4-31-20-9-7-16(12-21(20)30-3)13-23-25(29)27(2)19-14-17(8-10-22(19)33-23)24(28)26-15-18-6-5-11-32-18/h7-10,12-14,18,22H,4-6,11,15H2,1-3H3/p+1/b23-13+. The van der Waals surface area contributed by atoms with E-state index in [1.165, 1.54) is 11.8 Å². The van der Waals surface area contributed by atoms with E-state index < -0.39 is 0 Å². The highest BCUT2D eigenvalue weighted by Gasteiger charge is 2.38. The van der Waals surface area contributed by atoms with Crippen molar-refractivity contribution in [2.45, 2.75) is 31.1 Å². The van der Waals surface area contributed by atoms with Crippen molar-refractivity contribution in [3.05, 3.63) is 52.5 Å². The van der Waals surface area contributed by atoms with E-state index in [4.69, 9.17) is 14.2 Å². The van der Waals surface area contributed by atoms with Crippen molar-refractivity contribution in [3.8, 4) is 11.5 Å². The van der Waals surface area contributed by atoms with Crippen molar-refractivity contribution in [1.29, 1.82) is 0 Å². The van der Waals surface area contributed by atoms with Gasteiger partial charge in [-0.15, -0.1) is 0 Å². The lowest BCUT2D eigenvalue weighted by molar-refractivity contribution is -0.413. The van der Waals surface area contributed by atoms with Crippen molar-refractivity contribution < 1.29 is 28.4 Å². The predicted molar refractivity (Wildman–Crippen MR) is 129 cm³/mol. The summed E-state index contributed by atoms with van der Waals surface area (Å²) in [5.41, 5.74) is 2.20. The van der Waals surface area contributed by atoms with Gasteiger partial charge in [-0.2, -0.15) is 4.58 Å². The normalized spacial score (nSPS) is 23.4. The highest BCUT2D eigenvalue weighted by Crippen LogP contribution is 2.35. The van der Waals surface area contributed by atoms with Gasteiger partial charge in [-0.25, -0.2) is 4.79 Å². The summed E-state index contributed by atoms with van der Waals surface area (Å²) >= 11 is 1.48. The first kappa shape index (κ1) is 23.3. The van der Waals surface area contributed by atoms with E-state index in [0.717, 1.165) is 30.7 Å². The van der Waals surface area contributed by atoms with Gasteiger partial charge in [0.2, 0.25) is 5.71 Å². The third-order valence-corrected chi connectivity index (χ3v) is 6.96. The number of nitrogens with zero attached hydrogens (tertiary/aromatic N) is 1. The topological polar surface area (TPSA) is 76.9 Å². The summed E-state index contributed by atoms with van der Waals surface area (Å²) in [6.07, 6.45) is 9.55. The minimum Gasteiger partial charge on any atom is -0.493 e. The number of benzene rings is 1. The Morgan fingerprint density at radius 2 is 2.21 bits per heavy atom. The van der Waals surface area contributed by atoms with Gasteiger partial charge in [-0.05, 0) is 43.5 Å². The minimum atomic E-state index is -0.152. The number of hydrogen-bond acceptors (Lipinski definition) is 6. The Bertz CT molecular complexity index is 1070. The van der Waals surface area contributed by atoms with Gasteiger partial charge in [0.05, 0.1) is 19.8 Å². The van der Waals surface area contributed by atoms with Gasteiger partial charge in [0, 0.05) is 24.8 Å². The monoisotopic (exact) mass is 469 g/mol. The van der Waals surface area contributed by atoms with Crippen molar-refractivity contribution in [1.82, 2.24) is 5.32 Å². The first-order chi connectivity index (χ1) is 16.0. The minimum absolute atomic E-state index is 0.0433. The van der Waals surface area contributed by atoms with E-state index in [1.807, 2.05) is 43.4 Å². The first-order valence-electron chi connectivity index (χ1n) is 11.1. The Labute approximate surface area is 198 Å². The molecule has 2 atom stereocenters. The molecule has 0 spiro atoms. The summed E-state index contributed by atoms with van der Waals surface area (Å²) in [5, 5.41) is 2.90. The lowest BCUT2D eigenvalue weighted by Gasteiger charge is -2.21. The Morgan fingerprint density at radius 1 is 1.36 bits per heavy atom. The Balaban J connectivity index is 1.52. The Kier molecular flexibility index (Phi) is 7.35. The highest BCUT2D eigenvalue weighted by atomic mass is 32.2. The molecule has 3 aliphatic rings. The smallest absolute Gasteiger partial charge is 0.425 e. The Morgan fingerprint density at radius 3 is 2.94 bits per heavy atom. The molecule has 2 unspecified atom stereocenters. The number of amides is 2. The lowest BCUT2D eigenvalue weighted by Crippen LogP contribution is -2.38. The van der Waals surface area contributed by atoms with Crippen LogP contribution in [0, 0.1) is 0 Å². The van der Waals surface area contributed by atoms with Gasteiger partial charge in [-0.3, -0.25) is 4.79 Å². The van der Waals surface area contributed by atoms with Crippen molar-refractivity contribution in [2.75, 3.05) is 33.9 Å². The number of fused-ring (bicyclic) bond motifs is 1. The SMILES string of the molecule is CCOc1ccc(/C=C2/SC3C=CC(C(=O)NCC4CCCO4)=CC3=[N+](C)C2=O)cc1OC. The van der Waals surface area contributed by atoms with Crippen molar-refractivity contribution >= 4 is 35.4 Å². The largest absolute Gasteiger partial charge is 0.493 e. The average molecular weight is 470 g/mol. The molecule has 174 valence electrons. The first-order valence-corrected chi connectivity index (χ1v) is 12.0. The summed E-state index contributed by atoms with van der Waals surface area (Å²) in [6.45, 7) is 3.73. The lowest BCUT2D eigenvalue weighted by atomic mass is 10.0.